The summed E-state index contributed by atoms with van der Waals surface area (Å²) < 4.78 is 5.40. The highest BCUT2D eigenvalue weighted by molar-refractivity contribution is 5.58. The summed E-state index contributed by atoms with van der Waals surface area (Å²) in [5, 5.41) is 0. The number of anilines is 1. The molecular formula is C17H28N2O. The molecule has 0 heterocycles. The van der Waals surface area contributed by atoms with E-state index in [1.165, 1.54) is 36.9 Å². The zero-order valence-electron chi connectivity index (χ0n) is 13.1. The number of hydrogen-bond donors (Lipinski definition) is 1. The van der Waals surface area contributed by atoms with Gasteiger partial charge in [0.1, 0.15) is 5.75 Å². The largest absolute Gasteiger partial charge is 0.497 e. The standard InChI is InChI=1S/C17H28N2O/c1-13(2)12-19(15-6-4-5-7-15)17-10-16(20-3)9-8-14(17)11-18/h8-10,13,15H,4-7,11-12,18H2,1-3H3. The first-order chi connectivity index (χ1) is 9.65. The molecule has 2 N–H and O–H groups in total. The highest BCUT2D eigenvalue weighted by Crippen LogP contribution is 2.33. The van der Waals surface area contributed by atoms with Crippen molar-refractivity contribution in [3.05, 3.63) is 23.8 Å². The molecule has 0 radical (unpaired) electrons. The van der Waals surface area contributed by atoms with Crippen molar-refractivity contribution >= 4 is 5.69 Å². The fourth-order valence-corrected chi connectivity index (χ4v) is 3.16. The van der Waals surface area contributed by atoms with Gasteiger partial charge in [0, 0.05) is 30.9 Å². The maximum atomic E-state index is 5.94. The van der Waals surface area contributed by atoms with Crippen LogP contribution in [0.4, 0.5) is 5.69 Å². The van der Waals surface area contributed by atoms with Crippen molar-refractivity contribution in [1.29, 1.82) is 0 Å². The Morgan fingerprint density at radius 3 is 2.55 bits per heavy atom. The van der Waals surface area contributed by atoms with E-state index in [4.69, 9.17) is 10.5 Å². The predicted molar refractivity (Wildman–Crippen MR) is 85.3 cm³/mol. The van der Waals surface area contributed by atoms with Crippen LogP contribution in [-0.4, -0.2) is 19.7 Å². The number of ether oxygens (including phenoxy) is 1. The summed E-state index contributed by atoms with van der Waals surface area (Å²) in [6.45, 7) is 6.24. The van der Waals surface area contributed by atoms with E-state index in [0.717, 1.165) is 12.3 Å². The molecule has 0 unspecified atom stereocenters. The van der Waals surface area contributed by atoms with E-state index in [-0.39, 0.29) is 0 Å². The lowest BCUT2D eigenvalue weighted by atomic mass is 10.1. The fraction of sp³-hybridized carbons (Fsp3) is 0.647. The van der Waals surface area contributed by atoms with E-state index in [0.29, 0.717) is 18.5 Å². The summed E-state index contributed by atoms with van der Waals surface area (Å²) in [5.74, 6) is 1.57. The molecule has 112 valence electrons. The molecule has 0 aliphatic heterocycles. The Kier molecular flexibility index (Phi) is 5.30. The van der Waals surface area contributed by atoms with Crippen LogP contribution in [0.15, 0.2) is 18.2 Å². The Labute approximate surface area is 123 Å². The molecule has 3 heteroatoms. The minimum absolute atomic E-state index is 0.584. The molecule has 1 aromatic rings. The van der Waals surface area contributed by atoms with Gasteiger partial charge in [-0.25, -0.2) is 0 Å². The second-order valence-corrected chi connectivity index (χ2v) is 6.18. The van der Waals surface area contributed by atoms with Gasteiger partial charge >= 0.3 is 0 Å². The van der Waals surface area contributed by atoms with Gasteiger partial charge in [-0.2, -0.15) is 0 Å². The van der Waals surface area contributed by atoms with Crippen molar-refractivity contribution < 1.29 is 4.74 Å². The van der Waals surface area contributed by atoms with E-state index in [1.807, 2.05) is 6.07 Å². The molecular weight excluding hydrogens is 248 g/mol. The minimum Gasteiger partial charge on any atom is -0.497 e. The second-order valence-electron chi connectivity index (χ2n) is 6.18. The van der Waals surface area contributed by atoms with Crippen LogP contribution < -0.4 is 15.4 Å². The molecule has 0 aromatic heterocycles. The predicted octanol–water partition coefficient (Wildman–Crippen LogP) is 3.56. The first-order valence-electron chi connectivity index (χ1n) is 7.79. The van der Waals surface area contributed by atoms with Crippen molar-refractivity contribution in [3.8, 4) is 5.75 Å². The molecule has 1 aromatic carbocycles. The average Bonchev–Trinajstić information content (AvgIpc) is 2.97. The Bertz CT molecular complexity index is 425. The summed E-state index contributed by atoms with van der Waals surface area (Å²) in [6.07, 6.45) is 5.30. The monoisotopic (exact) mass is 276 g/mol. The molecule has 1 aliphatic carbocycles. The summed E-state index contributed by atoms with van der Waals surface area (Å²) in [6, 6.07) is 6.93. The van der Waals surface area contributed by atoms with E-state index < -0.39 is 0 Å². The Balaban J connectivity index is 2.34. The van der Waals surface area contributed by atoms with Crippen molar-refractivity contribution in [1.82, 2.24) is 0 Å². The molecule has 0 bridgehead atoms. The maximum Gasteiger partial charge on any atom is 0.120 e. The van der Waals surface area contributed by atoms with Crippen LogP contribution in [0.3, 0.4) is 0 Å². The summed E-state index contributed by atoms with van der Waals surface area (Å²) >= 11 is 0. The molecule has 1 saturated carbocycles. The molecule has 0 amide bonds. The quantitative estimate of drug-likeness (QED) is 0.863. The van der Waals surface area contributed by atoms with E-state index >= 15 is 0 Å². The van der Waals surface area contributed by atoms with Gasteiger partial charge in [-0.1, -0.05) is 32.8 Å². The third kappa shape index (κ3) is 3.45. The Hall–Kier alpha value is -1.22. The SMILES string of the molecule is COc1ccc(CN)c(N(CC(C)C)C2CCCC2)c1. The first-order valence-corrected chi connectivity index (χ1v) is 7.79. The molecule has 0 spiro atoms. The molecule has 0 saturated heterocycles. The Morgan fingerprint density at radius 2 is 2.00 bits per heavy atom. The van der Waals surface area contributed by atoms with Crippen molar-refractivity contribution in [2.45, 2.75) is 52.1 Å². The van der Waals surface area contributed by atoms with E-state index in [2.05, 4.69) is 30.9 Å². The lowest BCUT2D eigenvalue weighted by Gasteiger charge is -2.34. The average molecular weight is 276 g/mol. The number of benzene rings is 1. The van der Waals surface area contributed by atoms with Crippen LogP contribution in [0.1, 0.15) is 45.1 Å². The molecule has 1 aliphatic rings. The summed E-state index contributed by atoms with van der Waals surface area (Å²) in [7, 11) is 1.73. The molecule has 20 heavy (non-hydrogen) atoms. The number of methoxy groups -OCH3 is 1. The Morgan fingerprint density at radius 1 is 1.30 bits per heavy atom. The second kappa shape index (κ2) is 6.98. The molecule has 3 nitrogen and oxygen atoms in total. The van der Waals surface area contributed by atoms with Gasteiger partial charge in [-0.3, -0.25) is 0 Å². The highest BCUT2D eigenvalue weighted by atomic mass is 16.5. The van der Waals surface area contributed by atoms with Crippen LogP contribution in [-0.2, 0) is 6.54 Å². The van der Waals surface area contributed by atoms with Crippen LogP contribution in [0.2, 0.25) is 0 Å². The van der Waals surface area contributed by atoms with Crippen molar-refractivity contribution in [2.24, 2.45) is 11.7 Å². The van der Waals surface area contributed by atoms with Crippen LogP contribution in [0.5, 0.6) is 5.75 Å². The zero-order valence-corrected chi connectivity index (χ0v) is 13.1. The molecule has 0 atom stereocenters. The lowest BCUT2D eigenvalue weighted by Crippen LogP contribution is -2.37. The number of rotatable bonds is 6. The van der Waals surface area contributed by atoms with Gasteiger partial charge in [0.2, 0.25) is 0 Å². The van der Waals surface area contributed by atoms with Gasteiger partial charge < -0.3 is 15.4 Å². The highest BCUT2D eigenvalue weighted by Gasteiger charge is 2.25. The maximum absolute atomic E-state index is 5.94. The third-order valence-corrected chi connectivity index (χ3v) is 4.15. The van der Waals surface area contributed by atoms with Crippen molar-refractivity contribution in [3.63, 3.8) is 0 Å². The lowest BCUT2D eigenvalue weighted by molar-refractivity contribution is 0.414. The zero-order chi connectivity index (χ0) is 14.5. The van der Waals surface area contributed by atoms with Gasteiger partial charge in [0.15, 0.2) is 0 Å². The van der Waals surface area contributed by atoms with E-state index in [1.54, 1.807) is 7.11 Å². The van der Waals surface area contributed by atoms with E-state index in [9.17, 15) is 0 Å². The normalized spacial score (nSPS) is 15.8. The minimum atomic E-state index is 0.584. The number of hydrogen-bond acceptors (Lipinski definition) is 3. The van der Waals surface area contributed by atoms with Crippen LogP contribution in [0.25, 0.3) is 0 Å². The van der Waals surface area contributed by atoms with Crippen molar-refractivity contribution in [2.75, 3.05) is 18.6 Å². The third-order valence-electron chi connectivity index (χ3n) is 4.15. The smallest absolute Gasteiger partial charge is 0.120 e. The summed E-state index contributed by atoms with van der Waals surface area (Å²) in [5.41, 5.74) is 8.43. The topological polar surface area (TPSA) is 38.5 Å². The number of nitrogens with two attached hydrogens (primary N) is 1. The van der Waals surface area contributed by atoms with Gasteiger partial charge in [0.25, 0.3) is 0 Å². The van der Waals surface area contributed by atoms with Crippen LogP contribution in [0, 0.1) is 5.92 Å². The van der Waals surface area contributed by atoms with Gasteiger partial charge in [0.05, 0.1) is 7.11 Å². The van der Waals surface area contributed by atoms with Gasteiger partial charge in [-0.05, 0) is 30.4 Å². The van der Waals surface area contributed by atoms with Crippen LogP contribution >= 0.6 is 0 Å². The first kappa shape index (κ1) is 15.2. The van der Waals surface area contributed by atoms with Gasteiger partial charge in [-0.15, -0.1) is 0 Å². The number of nitrogens with zero attached hydrogens (tertiary/aromatic N) is 1. The molecule has 2 rings (SSSR count). The fourth-order valence-electron chi connectivity index (χ4n) is 3.16. The summed E-state index contributed by atoms with van der Waals surface area (Å²) in [4.78, 5) is 2.57. The molecule has 1 fully saturated rings.